The number of nitro groups is 1. The maximum Gasteiger partial charge on any atom is 0.336 e. The number of aliphatic imine (C=N–C) groups is 1. The lowest BCUT2D eigenvalue weighted by Crippen LogP contribution is -2.48. The Hall–Kier alpha value is -4.81. The van der Waals surface area contributed by atoms with Crippen LogP contribution >= 0.6 is 0 Å². The number of allylic oxidation sites excluding steroid dienone is 1. The first kappa shape index (κ1) is 33.6. The molecule has 3 aromatic carbocycles. The Bertz CT molecular complexity index is 1640. The van der Waals surface area contributed by atoms with Crippen molar-refractivity contribution in [3.05, 3.63) is 123 Å². The monoisotopic (exact) mass is 646 g/mol. The van der Waals surface area contributed by atoms with Crippen LogP contribution in [0.5, 0.6) is 0 Å². The minimum absolute atomic E-state index is 0.0458. The first-order valence-electron chi connectivity index (χ1n) is 15.3. The van der Waals surface area contributed by atoms with Gasteiger partial charge in [0.25, 0.3) is 5.69 Å². The van der Waals surface area contributed by atoms with E-state index in [4.69, 9.17) is 9.47 Å². The summed E-state index contributed by atoms with van der Waals surface area (Å²) in [6, 6.07) is 18.4. The van der Waals surface area contributed by atoms with Crippen molar-refractivity contribution in [3.63, 3.8) is 0 Å². The lowest BCUT2D eigenvalue weighted by molar-refractivity contribution is -0.385. The fourth-order valence-electron chi connectivity index (χ4n) is 6.48. The van der Waals surface area contributed by atoms with Crippen molar-refractivity contribution < 1.29 is 32.8 Å². The average molecular weight is 647 g/mol. The largest absolute Gasteiger partial charge is 0.468 e. The van der Waals surface area contributed by atoms with Crippen molar-refractivity contribution >= 4 is 23.3 Å². The number of esters is 2. The van der Waals surface area contributed by atoms with Gasteiger partial charge in [0, 0.05) is 61.7 Å². The molecule has 2 aliphatic heterocycles. The molecular formula is C35H36F2N4O6. The molecule has 10 nitrogen and oxygen atoms in total. The summed E-state index contributed by atoms with van der Waals surface area (Å²) in [5.74, 6) is -4.10. The number of benzene rings is 3. The van der Waals surface area contributed by atoms with Gasteiger partial charge in [0.05, 0.1) is 23.6 Å². The minimum atomic E-state index is -1.05. The maximum atomic E-state index is 13.7. The van der Waals surface area contributed by atoms with E-state index in [1.54, 1.807) is 44.2 Å². The number of methoxy groups -OCH3 is 1. The summed E-state index contributed by atoms with van der Waals surface area (Å²) in [5.41, 5.74) is 2.54. The highest BCUT2D eigenvalue weighted by Gasteiger charge is 2.44. The molecule has 3 aromatic rings. The van der Waals surface area contributed by atoms with Crippen molar-refractivity contribution in [2.75, 3.05) is 46.4 Å². The summed E-state index contributed by atoms with van der Waals surface area (Å²) in [5, 5.41) is 11.9. The third kappa shape index (κ3) is 7.44. The highest BCUT2D eigenvalue weighted by Crippen LogP contribution is 2.43. The molecule has 0 aromatic heterocycles. The summed E-state index contributed by atoms with van der Waals surface area (Å²) in [7, 11) is 1.22. The van der Waals surface area contributed by atoms with E-state index < -0.39 is 28.7 Å². The van der Waals surface area contributed by atoms with Gasteiger partial charge in [0.15, 0.2) is 0 Å². The predicted molar refractivity (Wildman–Crippen MR) is 171 cm³/mol. The summed E-state index contributed by atoms with van der Waals surface area (Å²) in [6.45, 7) is 6.36. The number of carbonyl (C=O) groups excluding carboxylic acids is 2. The smallest absolute Gasteiger partial charge is 0.336 e. The standard InChI is InChI=1S/C35H36F2N4O6/c1-22-30(34(42)46-3)32(28-6-4-5-7-29(28)41(44)45)31(23(2)38-22)35(43)47-21-20-39-16-18-40(19-17-39)33(24-8-12-26(36)13-9-24)25-10-14-27(37)15-11-25/h4-15,30,32-33H,16-21H2,1-3H3. The second-order valence-electron chi connectivity index (χ2n) is 11.6. The molecule has 0 spiro atoms. The fourth-order valence-corrected chi connectivity index (χ4v) is 6.48. The second kappa shape index (κ2) is 14.7. The zero-order valence-electron chi connectivity index (χ0n) is 26.4. The molecule has 2 unspecified atom stereocenters. The summed E-state index contributed by atoms with van der Waals surface area (Å²) in [4.78, 5) is 46.8. The minimum Gasteiger partial charge on any atom is -0.468 e. The van der Waals surface area contributed by atoms with Crippen molar-refractivity contribution in [1.82, 2.24) is 9.80 Å². The molecule has 0 saturated carbocycles. The fraction of sp³-hybridized carbons (Fsp3) is 0.343. The quantitative estimate of drug-likeness (QED) is 0.163. The third-order valence-electron chi connectivity index (χ3n) is 8.76. The number of hydrogen-bond acceptors (Lipinski definition) is 9. The van der Waals surface area contributed by atoms with Crippen LogP contribution in [0.3, 0.4) is 0 Å². The molecule has 12 heteroatoms. The molecule has 0 aliphatic carbocycles. The van der Waals surface area contributed by atoms with Crippen LogP contribution in [0.15, 0.2) is 89.1 Å². The van der Waals surface area contributed by atoms with E-state index in [0.717, 1.165) is 11.1 Å². The van der Waals surface area contributed by atoms with Gasteiger partial charge in [0.1, 0.15) is 24.2 Å². The maximum absolute atomic E-state index is 13.7. The van der Waals surface area contributed by atoms with E-state index in [1.165, 1.54) is 49.6 Å². The lowest BCUT2D eigenvalue weighted by atomic mass is 9.75. The third-order valence-corrected chi connectivity index (χ3v) is 8.76. The van der Waals surface area contributed by atoms with Crippen molar-refractivity contribution in [2.24, 2.45) is 10.9 Å². The number of nitrogens with zero attached hydrogens (tertiary/aromatic N) is 4. The van der Waals surface area contributed by atoms with Crippen LogP contribution < -0.4 is 0 Å². The number of para-hydroxylation sites is 1. The molecule has 2 atom stereocenters. The number of nitro benzene ring substituents is 1. The highest BCUT2D eigenvalue weighted by molar-refractivity contribution is 6.07. The van der Waals surface area contributed by atoms with Crippen LogP contribution in [0.25, 0.3) is 0 Å². The van der Waals surface area contributed by atoms with Crippen LogP contribution in [0.4, 0.5) is 14.5 Å². The van der Waals surface area contributed by atoms with Crippen LogP contribution in [0.1, 0.15) is 42.5 Å². The van der Waals surface area contributed by atoms with Gasteiger partial charge in [-0.25, -0.2) is 13.6 Å². The van der Waals surface area contributed by atoms with Crippen molar-refractivity contribution in [2.45, 2.75) is 25.8 Å². The molecule has 47 heavy (non-hydrogen) atoms. The first-order valence-corrected chi connectivity index (χ1v) is 15.3. The first-order chi connectivity index (χ1) is 22.6. The Morgan fingerprint density at radius 2 is 1.51 bits per heavy atom. The van der Waals surface area contributed by atoms with Crippen LogP contribution in [0, 0.1) is 27.7 Å². The van der Waals surface area contributed by atoms with Crippen molar-refractivity contribution in [1.29, 1.82) is 0 Å². The SMILES string of the molecule is COC(=O)C1C(C)=NC(C)=C(C(=O)OCCN2CCN(C(c3ccc(F)cc3)c3ccc(F)cc3)CC2)C1c1ccccc1[N+](=O)[O-]. The van der Waals surface area contributed by atoms with E-state index in [0.29, 0.717) is 44.1 Å². The second-order valence-corrected chi connectivity index (χ2v) is 11.6. The van der Waals surface area contributed by atoms with Gasteiger partial charge in [0.2, 0.25) is 0 Å². The van der Waals surface area contributed by atoms with E-state index in [-0.39, 0.29) is 41.1 Å². The topological polar surface area (TPSA) is 115 Å². The molecule has 0 N–H and O–H groups in total. The molecule has 0 bridgehead atoms. The van der Waals surface area contributed by atoms with E-state index in [1.807, 2.05) is 0 Å². The Balaban J connectivity index is 1.27. The molecule has 2 aliphatic rings. The summed E-state index contributed by atoms with van der Waals surface area (Å²) in [6.07, 6.45) is 0. The zero-order chi connectivity index (χ0) is 33.7. The van der Waals surface area contributed by atoms with Crippen LogP contribution in [-0.4, -0.2) is 78.8 Å². The van der Waals surface area contributed by atoms with E-state index in [9.17, 15) is 28.5 Å². The molecule has 246 valence electrons. The van der Waals surface area contributed by atoms with Gasteiger partial charge in [-0.2, -0.15) is 0 Å². The zero-order valence-corrected chi connectivity index (χ0v) is 26.4. The summed E-state index contributed by atoms with van der Waals surface area (Å²) < 4.78 is 38.1. The lowest BCUT2D eigenvalue weighted by Gasteiger charge is -2.39. The Morgan fingerprint density at radius 1 is 0.936 bits per heavy atom. The van der Waals surface area contributed by atoms with Crippen LogP contribution in [0.2, 0.25) is 0 Å². The number of rotatable bonds is 10. The summed E-state index contributed by atoms with van der Waals surface area (Å²) >= 11 is 0. The van der Waals surface area contributed by atoms with Crippen LogP contribution in [-0.2, 0) is 19.1 Å². The van der Waals surface area contributed by atoms with Gasteiger partial charge >= 0.3 is 11.9 Å². The van der Waals surface area contributed by atoms with E-state index in [2.05, 4.69) is 14.8 Å². The van der Waals surface area contributed by atoms with Gasteiger partial charge in [-0.1, -0.05) is 42.5 Å². The molecular weight excluding hydrogens is 610 g/mol. The number of ether oxygens (including phenoxy) is 2. The number of hydrogen-bond donors (Lipinski definition) is 0. The molecule has 2 heterocycles. The number of carbonyl (C=O) groups is 2. The molecule has 1 fully saturated rings. The molecule has 0 radical (unpaired) electrons. The normalized spacial score (nSPS) is 19.0. The number of piperazine rings is 1. The Kier molecular flexibility index (Phi) is 10.5. The van der Waals surface area contributed by atoms with Gasteiger partial charge in [-0.05, 0) is 49.2 Å². The van der Waals surface area contributed by atoms with Gasteiger partial charge in [-0.15, -0.1) is 0 Å². The molecule has 1 saturated heterocycles. The highest BCUT2D eigenvalue weighted by atomic mass is 19.1. The average Bonchev–Trinajstić information content (AvgIpc) is 3.06. The molecule has 5 rings (SSSR count). The van der Waals surface area contributed by atoms with Crippen molar-refractivity contribution in [3.8, 4) is 0 Å². The molecule has 0 amide bonds. The predicted octanol–water partition coefficient (Wildman–Crippen LogP) is 5.44. The Labute approximate surface area is 271 Å². The van der Waals surface area contributed by atoms with E-state index >= 15 is 0 Å². The van der Waals surface area contributed by atoms with Gasteiger partial charge in [-0.3, -0.25) is 29.7 Å². The Morgan fingerprint density at radius 3 is 2.06 bits per heavy atom. The number of halogens is 2. The van der Waals surface area contributed by atoms with Gasteiger partial charge < -0.3 is 9.47 Å².